The van der Waals surface area contributed by atoms with Crippen LogP contribution in [0.5, 0.6) is 0 Å². The van der Waals surface area contributed by atoms with Crippen LogP contribution < -0.4 is 5.73 Å². The van der Waals surface area contributed by atoms with Gasteiger partial charge in [-0.1, -0.05) is 49.9 Å². The van der Waals surface area contributed by atoms with E-state index in [1.54, 1.807) is 0 Å². The average Bonchev–Trinajstić information content (AvgIpc) is 2.18. The van der Waals surface area contributed by atoms with Crippen molar-refractivity contribution in [3.63, 3.8) is 0 Å². The summed E-state index contributed by atoms with van der Waals surface area (Å²) in [7, 11) is 0. The van der Waals surface area contributed by atoms with Gasteiger partial charge in [-0.3, -0.25) is 0 Å². The maximum atomic E-state index is 6.05. The van der Waals surface area contributed by atoms with Crippen LogP contribution in [0.4, 0.5) is 0 Å². The third kappa shape index (κ3) is 3.69. The van der Waals surface area contributed by atoms with Gasteiger partial charge < -0.3 is 5.73 Å². The number of benzene rings is 1. The van der Waals surface area contributed by atoms with Crippen LogP contribution in [0.2, 0.25) is 5.02 Å². The van der Waals surface area contributed by atoms with Gasteiger partial charge in [-0.15, -0.1) is 0 Å². The average molecular weight is 212 g/mol. The molecule has 1 nitrogen and oxygen atoms in total. The smallest absolute Gasteiger partial charge is 0.0409 e. The number of hydrogen-bond acceptors (Lipinski definition) is 1. The second-order valence-corrected chi connectivity index (χ2v) is 4.09. The normalized spacial score (nSPS) is 12.8. The van der Waals surface area contributed by atoms with E-state index in [2.05, 4.69) is 6.92 Å². The molecular weight excluding hydrogens is 194 g/mol. The molecule has 0 spiro atoms. The zero-order chi connectivity index (χ0) is 10.4. The van der Waals surface area contributed by atoms with E-state index in [1.807, 2.05) is 24.3 Å². The second-order valence-electron chi connectivity index (χ2n) is 3.66. The van der Waals surface area contributed by atoms with E-state index in [0.717, 1.165) is 17.0 Å². The fourth-order valence-corrected chi connectivity index (χ4v) is 1.72. The van der Waals surface area contributed by atoms with Crippen LogP contribution in [-0.4, -0.2) is 0 Å². The molecule has 0 saturated heterocycles. The zero-order valence-electron chi connectivity index (χ0n) is 8.67. The van der Waals surface area contributed by atoms with Gasteiger partial charge in [-0.05, 0) is 24.1 Å². The van der Waals surface area contributed by atoms with E-state index in [-0.39, 0.29) is 6.04 Å². The predicted molar refractivity (Wildman–Crippen MR) is 62.5 cm³/mol. The Balaban J connectivity index is 2.47. The number of rotatable bonds is 5. The van der Waals surface area contributed by atoms with Crippen molar-refractivity contribution in [1.29, 1.82) is 0 Å². The first-order chi connectivity index (χ1) is 6.74. The first-order valence-corrected chi connectivity index (χ1v) is 5.63. The van der Waals surface area contributed by atoms with Crippen molar-refractivity contribution in [3.05, 3.63) is 34.9 Å². The third-order valence-corrected chi connectivity index (χ3v) is 2.63. The van der Waals surface area contributed by atoms with Gasteiger partial charge >= 0.3 is 0 Å². The molecule has 1 atom stereocenters. The monoisotopic (exact) mass is 211 g/mol. The molecule has 0 fully saturated rings. The van der Waals surface area contributed by atoms with Crippen LogP contribution in [0.3, 0.4) is 0 Å². The van der Waals surface area contributed by atoms with Crippen LogP contribution in [0.25, 0.3) is 0 Å². The number of hydrogen-bond donors (Lipinski definition) is 1. The van der Waals surface area contributed by atoms with E-state index in [9.17, 15) is 0 Å². The van der Waals surface area contributed by atoms with Gasteiger partial charge in [0, 0.05) is 11.1 Å². The lowest BCUT2D eigenvalue weighted by atomic mass is 10.0. The molecule has 0 unspecified atom stereocenters. The Bertz CT molecular complexity index is 273. The minimum atomic E-state index is 0.139. The Kier molecular flexibility index (Phi) is 4.99. The lowest BCUT2D eigenvalue weighted by Gasteiger charge is -2.11. The summed E-state index contributed by atoms with van der Waals surface area (Å²) < 4.78 is 0. The van der Waals surface area contributed by atoms with Gasteiger partial charge in [0.05, 0.1) is 0 Å². The predicted octanol–water partition coefficient (Wildman–Crippen LogP) is 3.92. The standard InChI is InChI=1S/C12H18ClN/c1-2-3-4-8-12(14)10-6-5-7-11(13)9-10/h5-7,9,12H,2-4,8,14H2,1H3/t12-/m1/s1. The highest BCUT2D eigenvalue weighted by Crippen LogP contribution is 2.20. The van der Waals surface area contributed by atoms with Crippen molar-refractivity contribution in [2.24, 2.45) is 5.73 Å². The molecule has 0 aliphatic carbocycles. The van der Waals surface area contributed by atoms with E-state index in [0.29, 0.717) is 0 Å². The molecule has 1 aromatic rings. The molecule has 0 aliphatic heterocycles. The molecular formula is C12H18ClN. The summed E-state index contributed by atoms with van der Waals surface area (Å²) in [5.41, 5.74) is 7.19. The minimum Gasteiger partial charge on any atom is -0.324 e. The van der Waals surface area contributed by atoms with Gasteiger partial charge in [0.1, 0.15) is 0 Å². The van der Waals surface area contributed by atoms with E-state index >= 15 is 0 Å². The number of nitrogens with two attached hydrogens (primary N) is 1. The summed E-state index contributed by atoms with van der Waals surface area (Å²) in [6.45, 7) is 2.20. The molecule has 0 saturated carbocycles. The van der Waals surface area contributed by atoms with Crippen LogP contribution in [0.15, 0.2) is 24.3 Å². The van der Waals surface area contributed by atoms with Crippen molar-refractivity contribution in [1.82, 2.24) is 0 Å². The fourth-order valence-electron chi connectivity index (χ4n) is 1.52. The third-order valence-electron chi connectivity index (χ3n) is 2.40. The minimum absolute atomic E-state index is 0.139. The van der Waals surface area contributed by atoms with Gasteiger partial charge in [0.15, 0.2) is 0 Å². The maximum Gasteiger partial charge on any atom is 0.0409 e. The molecule has 0 amide bonds. The van der Waals surface area contributed by atoms with Crippen LogP contribution in [0.1, 0.15) is 44.2 Å². The topological polar surface area (TPSA) is 26.0 Å². The summed E-state index contributed by atoms with van der Waals surface area (Å²) in [5, 5.41) is 0.772. The SMILES string of the molecule is CCCCC[C@@H](N)c1cccc(Cl)c1. The molecule has 1 rings (SSSR count). The number of unbranched alkanes of at least 4 members (excludes halogenated alkanes) is 2. The molecule has 0 bridgehead atoms. The van der Waals surface area contributed by atoms with E-state index in [1.165, 1.54) is 19.3 Å². The van der Waals surface area contributed by atoms with Crippen molar-refractivity contribution in [3.8, 4) is 0 Å². The molecule has 0 aliphatic rings. The summed E-state index contributed by atoms with van der Waals surface area (Å²) >= 11 is 5.89. The zero-order valence-corrected chi connectivity index (χ0v) is 9.43. The van der Waals surface area contributed by atoms with Crippen molar-refractivity contribution >= 4 is 11.6 Å². The summed E-state index contributed by atoms with van der Waals surface area (Å²) in [5.74, 6) is 0. The lowest BCUT2D eigenvalue weighted by Crippen LogP contribution is -2.09. The van der Waals surface area contributed by atoms with Crippen LogP contribution in [0, 0.1) is 0 Å². The maximum absolute atomic E-state index is 6.05. The Morgan fingerprint density at radius 3 is 2.79 bits per heavy atom. The largest absolute Gasteiger partial charge is 0.324 e. The summed E-state index contributed by atoms with van der Waals surface area (Å²) in [4.78, 5) is 0. The van der Waals surface area contributed by atoms with Crippen molar-refractivity contribution < 1.29 is 0 Å². The number of halogens is 1. The molecule has 14 heavy (non-hydrogen) atoms. The molecule has 2 N–H and O–H groups in total. The second kappa shape index (κ2) is 6.05. The molecule has 1 aromatic carbocycles. The first-order valence-electron chi connectivity index (χ1n) is 5.25. The van der Waals surface area contributed by atoms with Crippen LogP contribution in [-0.2, 0) is 0 Å². The fraction of sp³-hybridized carbons (Fsp3) is 0.500. The summed E-state index contributed by atoms with van der Waals surface area (Å²) in [6, 6.07) is 7.97. The van der Waals surface area contributed by atoms with Crippen molar-refractivity contribution in [2.45, 2.75) is 38.6 Å². The Labute approximate surface area is 91.3 Å². The van der Waals surface area contributed by atoms with Gasteiger partial charge in [-0.25, -0.2) is 0 Å². The molecule has 2 heteroatoms. The van der Waals surface area contributed by atoms with E-state index < -0.39 is 0 Å². The Morgan fingerprint density at radius 2 is 2.14 bits per heavy atom. The first kappa shape index (κ1) is 11.5. The van der Waals surface area contributed by atoms with Gasteiger partial charge in [-0.2, -0.15) is 0 Å². The molecule has 0 radical (unpaired) electrons. The summed E-state index contributed by atoms with van der Waals surface area (Å²) in [6.07, 6.45) is 4.74. The van der Waals surface area contributed by atoms with Gasteiger partial charge in [0.2, 0.25) is 0 Å². The molecule has 0 aromatic heterocycles. The highest BCUT2D eigenvalue weighted by molar-refractivity contribution is 6.30. The molecule has 0 heterocycles. The highest BCUT2D eigenvalue weighted by atomic mass is 35.5. The van der Waals surface area contributed by atoms with Crippen molar-refractivity contribution in [2.75, 3.05) is 0 Å². The van der Waals surface area contributed by atoms with Gasteiger partial charge in [0.25, 0.3) is 0 Å². The lowest BCUT2D eigenvalue weighted by molar-refractivity contribution is 0.581. The van der Waals surface area contributed by atoms with Crippen LogP contribution >= 0.6 is 11.6 Å². The van der Waals surface area contributed by atoms with E-state index in [4.69, 9.17) is 17.3 Å². The Morgan fingerprint density at radius 1 is 1.36 bits per heavy atom. The molecule has 78 valence electrons. The quantitative estimate of drug-likeness (QED) is 0.735. The highest BCUT2D eigenvalue weighted by Gasteiger charge is 2.05. The Hall–Kier alpha value is -0.530.